The number of nitrogens with one attached hydrogen (secondary N) is 2. The highest BCUT2D eigenvalue weighted by atomic mass is 16.4. The van der Waals surface area contributed by atoms with Crippen LogP contribution in [-0.4, -0.2) is 28.4 Å². The van der Waals surface area contributed by atoms with Gasteiger partial charge in [0.1, 0.15) is 5.54 Å². The molecule has 2 unspecified atom stereocenters. The fourth-order valence-electron chi connectivity index (χ4n) is 2.73. The third-order valence-electron chi connectivity index (χ3n) is 3.94. The van der Waals surface area contributed by atoms with Gasteiger partial charge in [0.15, 0.2) is 0 Å². The van der Waals surface area contributed by atoms with E-state index in [0.717, 1.165) is 0 Å². The van der Waals surface area contributed by atoms with Crippen LogP contribution in [0, 0.1) is 0 Å². The number of para-hydroxylation sites is 1. The summed E-state index contributed by atoms with van der Waals surface area (Å²) in [6.07, 6.45) is 0.976. The van der Waals surface area contributed by atoms with Gasteiger partial charge in [0.25, 0.3) is 0 Å². The van der Waals surface area contributed by atoms with Crippen LogP contribution >= 0.6 is 0 Å². The van der Waals surface area contributed by atoms with Gasteiger partial charge in [0.2, 0.25) is 11.8 Å². The Kier molecular flexibility index (Phi) is 4.49. The number of benzene rings is 1. The maximum Gasteiger partial charge on any atom is 0.329 e. The monoisotopic (exact) mass is 304 g/mol. The molecule has 0 radical (unpaired) electrons. The summed E-state index contributed by atoms with van der Waals surface area (Å²) in [5, 5.41) is 14.7. The van der Waals surface area contributed by atoms with Crippen molar-refractivity contribution < 1.29 is 19.5 Å². The molecule has 2 atom stereocenters. The van der Waals surface area contributed by atoms with E-state index in [0.29, 0.717) is 24.1 Å². The first kappa shape index (κ1) is 16.0. The van der Waals surface area contributed by atoms with Gasteiger partial charge >= 0.3 is 5.97 Å². The van der Waals surface area contributed by atoms with E-state index in [1.54, 1.807) is 24.3 Å². The first-order valence-corrected chi connectivity index (χ1v) is 7.31. The van der Waals surface area contributed by atoms with Gasteiger partial charge in [0.05, 0.1) is 5.92 Å². The van der Waals surface area contributed by atoms with Crippen LogP contribution in [-0.2, 0) is 14.4 Å². The summed E-state index contributed by atoms with van der Waals surface area (Å²) in [6.45, 7) is 3.35. The molecule has 1 aromatic carbocycles. The zero-order chi connectivity index (χ0) is 16.3. The smallest absolute Gasteiger partial charge is 0.329 e. The van der Waals surface area contributed by atoms with E-state index in [2.05, 4.69) is 10.6 Å². The number of amides is 2. The number of fused-ring (bicyclic) bond motifs is 1. The largest absolute Gasteiger partial charge is 0.480 e. The Bertz CT molecular complexity index is 614. The van der Waals surface area contributed by atoms with E-state index in [1.165, 1.54) is 6.92 Å². The molecule has 1 aromatic rings. The van der Waals surface area contributed by atoms with E-state index >= 15 is 0 Å². The third kappa shape index (κ3) is 3.10. The van der Waals surface area contributed by atoms with E-state index in [9.17, 15) is 19.5 Å². The van der Waals surface area contributed by atoms with E-state index < -0.39 is 23.3 Å². The Balaban J connectivity index is 2.26. The molecule has 0 bridgehead atoms. The van der Waals surface area contributed by atoms with Crippen LogP contribution in [0.15, 0.2) is 24.3 Å². The molecule has 1 aliphatic rings. The number of carboxylic acids is 1. The van der Waals surface area contributed by atoms with Crippen molar-refractivity contribution in [2.45, 2.75) is 44.6 Å². The van der Waals surface area contributed by atoms with Gasteiger partial charge < -0.3 is 15.7 Å². The Morgan fingerprint density at radius 2 is 2.09 bits per heavy atom. The molecular weight excluding hydrogens is 284 g/mol. The second-order valence-corrected chi connectivity index (χ2v) is 5.77. The number of hydrogen-bond acceptors (Lipinski definition) is 3. The van der Waals surface area contributed by atoms with Gasteiger partial charge in [-0.1, -0.05) is 31.5 Å². The zero-order valence-corrected chi connectivity index (χ0v) is 12.7. The quantitative estimate of drug-likeness (QED) is 0.774. The molecule has 0 fully saturated rings. The van der Waals surface area contributed by atoms with Crippen LogP contribution in [0.1, 0.15) is 44.6 Å². The molecule has 0 spiro atoms. The average Bonchev–Trinajstić information content (AvgIpc) is 2.46. The molecule has 2 amide bonds. The van der Waals surface area contributed by atoms with Crippen molar-refractivity contribution in [1.82, 2.24) is 5.32 Å². The second kappa shape index (κ2) is 6.17. The number of anilines is 1. The first-order valence-electron chi connectivity index (χ1n) is 7.31. The fraction of sp³-hybridized carbons (Fsp3) is 0.438. The Morgan fingerprint density at radius 1 is 1.41 bits per heavy atom. The molecule has 2 rings (SSSR count). The summed E-state index contributed by atoms with van der Waals surface area (Å²) in [5.74, 6) is -2.41. The van der Waals surface area contributed by atoms with Gasteiger partial charge in [-0.2, -0.15) is 0 Å². The average molecular weight is 304 g/mol. The number of carbonyl (C=O) groups is 3. The lowest BCUT2D eigenvalue weighted by molar-refractivity contribution is -0.147. The summed E-state index contributed by atoms with van der Waals surface area (Å²) in [5.41, 5.74) is -0.00965. The molecule has 3 N–H and O–H groups in total. The minimum Gasteiger partial charge on any atom is -0.480 e. The predicted molar refractivity (Wildman–Crippen MR) is 81.5 cm³/mol. The summed E-state index contributed by atoms with van der Waals surface area (Å²) in [4.78, 5) is 35.8. The van der Waals surface area contributed by atoms with Crippen LogP contribution in [0.4, 0.5) is 5.69 Å². The topological polar surface area (TPSA) is 95.5 Å². The Hall–Kier alpha value is -2.37. The third-order valence-corrected chi connectivity index (χ3v) is 3.94. The number of aliphatic carboxylic acids is 1. The van der Waals surface area contributed by atoms with Gasteiger partial charge in [-0.25, -0.2) is 4.79 Å². The molecular formula is C16H20N2O4. The highest BCUT2D eigenvalue weighted by Crippen LogP contribution is 2.32. The SMILES string of the molecule is CCCC(C)(NC(=O)C1CC(=O)Nc2ccccc21)C(=O)O. The highest BCUT2D eigenvalue weighted by Gasteiger charge is 2.38. The maximum absolute atomic E-state index is 12.5. The highest BCUT2D eigenvalue weighted by molar-refractivity contribution is 6.02. The van der Waals surface area contributed by atoms with Crippen LogP contribution in [0.3, 0.4) is 0 Å². The van der Waals surface area contributed by atoms with Gasteiger partial charge in [-0.05, 0) is 25.0 Å². The molecule has 0 saturated heterocycles. The fourth-order valence-corrected chi connectivity index (χ4v) is 2.73. The number of rotatable bonds is 5. The standard InChI is InChI=1S/C16H20N2O4/c1-3-8-16(2,15(21)22)18-14(20)11-9-13(19)17-12-7-5-4-6-10(11)12/h4-7,11H,3,8-9H2,1-2H3,(H,17,19)(H,18,20)(H,21,22). The summed E-state index contributed by atoms with van der Waals surface area (Å²) in [6, 6.07) is 7.07. The van der Waals surface area contributed by atoms with Crippen molar-refractivity contribution in [3.05, 3.63) is 29.8 Å². The molecule has 0 aliphatic carbocycles. The van der Waals surface area contributed by atoms with Crippen molar-refractivity contribution in [2.75, 3.05) is 5.32 Å². The summed E-state index contributed by atoms with van der Waals surface area (Å²) in [7, 11) is 0. The molecule has 1 aliphatic heterocycles. The van der Waals surface area contributed by atoms with Crippen LogP contribution in [0.25, 0.3) is 0 Å². The van der Waals surface area contributed by atoms with Crippen molar-refractivity contribution in [2.24, 2.45) is 0 Å². The molecule has 1 heterocycles. The normalized spacial score (nSPS) is 19.5. The minimum atomic E-state index is -1.32. The molecule has 6 heteroatoms. The number of hydrogen-bond donors (Lipinski definition) is 3. The van der Waals surface area contributed by atoms with Crippen LogP contribution in [0.5, 0.6) is 0 Å². The maximum atomic E-state index is 12.5. The van der Waals surface area contributed by atoms with Crippen molar-refractivity contribution in [3.8, 4) is 0 Å². The van der Waals surface area contributed by atoms with Gasteiger partial charge in [0, 0.05) is 12.1 Å². The number of carbonyl (C=O) groups excluding carboxylic acids is 2. The zero-order valence-electron chi connectivity index (χ0n) is 12.7. The molecule has 6 nitrogen and oxygen atoms in total. The summed E-state index contributed by atoms with van der Waals surface area (Å²) >= 11 is 0. The first-order chi connectivity index (χ1) is 10.4. The number of carboxylic acid groups (broad SMARTS) is 1. The lowest BCUT2D eigenvalue weighted by atomic mass is 9.88. The Morgan fingerprint density at radius 3 is 2.73 bits per heavy atom. The molecule has 0 aromatic heterocycles. The summed E-state index contributed by atoms with van der Waals surface area (Å²) < 4.78 is 0. The molecule has 22 heavy (non-hydrogen) atoms. The van der Waals surface area contributed by atoms with Crippen LogP contribution in [0.2, 0.25) is 0 Å². The Labute approximate surface area is 128 Å². The lowest BCUT2D eigenvalue weighted by Gasteiger charge is -2.30. The van der Waals surface area contributed by atoms with E-state index in [4.69, 9.17) is 0 Å². The van der Waals surface area contributed by atoms with Gasteiger partial charge in [-0.3, -0.25) is 9.59 Å². The predicted octanol–water partition coefficient (Wildman–Crippen LogP) is 1.87. The van der Waals surface area contributed by atoms with E-state index in [1.807, 2.05) is 6.92 Å². The van der Waals surface area contributed by atoms with Crippen molar-refractivity contribution in [3.63, 3.8) is 0 Å². The second-order valence-electron chi connectivity index (χ2n) is 5.77. The van der Waals surface area contributed by atoms with Crippen molar-refractivity contribution >= 4 is 23.5 Å². The molecule has 0 saturated carbocycles. The van der Waals surface area contributed by atoms with E-state index in [-0.39, 0.29) is 12.3 Å². The molecule has 118 valence electrons. The van der Waals surface area contributed by atoms with Crippen LogP contribution < -0.4 is 10.6 Å². The van der Waals surface area contributed by atoms with Crippen molar-refractivity contribution in [1.29, 1.82) is 0 Å². The van der Waals surface area contributed by atoms with Gasteiger partial charge in [-0.15, -0.1) is 0 Å². The lowest BCUT2D eigenvalue weighted by Crippen LogP contribution is -2.53. The minimum absolute atomic E-state index is 0.0185.